The van der Waals surface area contributed by atoms with Crippen molar-refractivity contribution in [3.63, 3.8) is 0 Å². The number of rotatable bonds is 7. The third-order valence-electron chi connectivity index (χ3n) is 4.51. The summed E-state index contributed by atoms with van der Waals surface area (Å²) >= 11 is 5.18. The molecule has 1 unspecified atom stereocenters. The molecular formula is C22H19N3S3. The Balaban J connectivity index is 1.94. The quantitative estimate of drug-likeness (QED) is 0.443. The van der Waals surface area contributed by atoms with Crippen LogP contribution < -0.4 is 0 Å². The molecule has 1 aromatic heterocycles. The molecule has 1 aliphatic rings. The molecule has 0 saturated carbocycles. The predicted octanol–water partition coefficient (Wildman–Crippen LogP) is 7.17. The van der Waals surface area contributed by atoms with E-state index in [2.05, 4.69) is 43.3 Å². The Morgan fingerprint density at radius 2 is 1.61 bits per heavy atom. The highest BCUT2D eigenvalue weighted by Gasteiger charge is 2.26. The van der Waals surface area contributed by atoms with Gasteiger partial charge in [-0.1, -0.05) is 55.4 Å². The Morgan fingerprint density at radius 3 is 2.18 bits per heavy atom. The van der Waals surface area contributed by atoms with Gasteiger partial charge in [-0.05, 0) is 42.7 Å². The van der Waals surface area contributed by atoms with Crippen LogP contribution in [0.25, 0.3) is 5.57 Å². The maximum absolute atomic E-state index is 9.50. The molecule has 0 N–H and O–H groups in total. The van der Waals surface area contributed by atoms with E-state index in [1.807, 2.05) is 41.7 Å². The molecule has 6 heteroatoms. The number of nitrogens with zero attached hydrogens (tertiary/aromatic N) is 3. The van der Waals surface area contributed by atoms with Crippen LogP contribution in [0.1, 0.15) is 48.3 Å². The number of nitriles is 3. The Hall–Kier alpha value is -2.17. The van der Waals surface area contributed by atoms with Gasteiger partial charge in [-0.15, -0.1) is 11.3 Å². The van der Waals surface area contributed by atoms with Crippen LogP contribution in [0.5, 0.6) is 0 Å². The number of thiophene rings is 1. The standard InChI is InChI=1S/C22H19N3S3/c1-2-3-4-7-16(22-27-20-8-5-6-9-21(20)28-22)18-10-11-19(26-18)17(14-25)15(12-23)13-24/h5-6,8-11,15,17H,2-4,7H2,1H3. The maximum atomic E-state index is 9.50. The lowest BCUT2D eigenvalue weighted by Crippen LogP contribution is -2.05. The number of unbranched alkanes of at least 4 members (excludes halogenated alkanes) is 2. The largest absolute Gasteiger partial charge is 0.198 e. The van der Waals surface area contributed by atoms with Crippen molar-refractivity contribution in [3.05, 3.63) is 50.4 Å². The summed E-state index contributed by atoms with van der Waals surface area (Å²) in [5.41, 5.74) is 1.32. The topological polar surface area (TPSA) is 71.4 Å². The van der Waals surface area contributed by atoms with E-state index in [1.54, 1.807) is 11.3 Å². The van der Waals surface area contributed by atoms with E-state index in [9.17, 15) is 15.8 Å². The Labute approximate surface area is 178 Å². The first-order valence-corrected chi connectivity index (χ1v) is 11.6. The van der Waals surface area contributed by atoms with Gasteiger partial charge in [0.15, 0.2) is 5.92 Å². The molecule has 0 aliphatic carbocycles. The number of hydrogen-bond acceptors (Lipinski definition) is 6. The molecule has 1 atom stereocenters. The highest BCUT2D eigenvalue weighted by atomic mass is 32.2. The average molecular weight is 422 g/mol. The molecule has 0 fully saturated rings. The summed E-state index contributed by atoms with van der Waals surface area (Å²) < 4.78 is 1.30. The lowest BCUT2D eigenvalue weighted by atomic mass is 9.95. The first kappa shape index (κ1) is 20.6. The van der Waals surface area contributed by atoms with Crippen molar-refractivity contribution in [2.45, 2.75) is 48.3 Å². The number of allylic oxidation sites excluding steroid dienone is 1. The summed E-state index contributed by atoms with van der Waals surface area (Å²) in [5, 5.41) is 27.9. The summed E-state index contributed by atoms with van der Waals surface area (Å²) in [4.78, 5) is 4.51. The van der Waals surface area contributed by atoms with Crippen LogP contribution in [0.2, 0.25) is 0 Å². The lowest BCUT2D eigenvalue weighted by Gasteiger charge is -2.09. The van der Waals surface area contributed by atoms with Gasteiger partial charge < -0.3 is 0 Å². The van der Waals surface area contributed by atoms with E-state index in [0.29, 0.717) is 0 Å². The summed E-state index contributed by atoms with van der Waals surface area (Å²) in [6.07, 6.45) is 4.47. The van der Waals surface area contributed by atoms with Crippen molar-refractivity contribution in [3.8, 4) is 18.2 Å². The zero-order valence-corrected chi connectivity index (χ0v) is 18.0. The van der Waals surface area contributed by atoms with Crippen molar-refractivity contribution >= 4 is 40.4 Å². The zero-order chi connectivity index (χ0) is 19.9. The first-order valence-electron chi connectivity index (χ1n) is 9.18. The third kappa shape index (κ3) is 4.45. The molecule has 3 nitrogen and oxygen atoms in total. The molecule has 0 bridgehead atoms. The summed E-state index contributed by atoms with van der Waals surface area (Å²) in [6.45, 7) is 2.20. The highest BCUT2D eigenvalue weighted by molar-refractivity contribution is 8.25. The second-order valence-electron chi connectivity index (χ2n) is 6.42. The first-order chi connectivity index (χ1) is 13.7. The molecule has 3 rings (SSSR count). The molecule has 28 heavy (non-hydrogen) atoms. The Bertz CT molecular complexity index is 960. The van der Waals surface area contributed by atoms with Gasteiger partial charge in [-0.25, -0.2) is 0 Å². The van der Waals surface area contributed by atoms with E-state index in [4.69, 9.17) is 0 Å². The molecule has 0 radical (unpaired) electrons. The minimum absolute atomic E-state index is 0.697. The smallest absolute Gasteiger partial charge is 0.153 e. The van der Waals surface area contributed by atoms with E-state index < -0.39 is 11.8 Å². The fourth-order valence-corrected chi connectivity index (χ4v) is 6.96. The molecule has 1 aromatic carbocycles. The van der Waals surface area contributed by atoms with Gasteiger partial charge in [-0.3, -0.25) is 0 Å². The second kappa shape index (κ2) is 9.85. The lowest BCUT2D eigenvalue weighted by molar-refractivity contribution is 0.736. The monoisotopic (exact) mass is 421 g/mol. The van der Waals surface area contributed by atoms with Crippen LogP contribution in [0.4, 0.5) is 0 Å². The minimum atomic E-state index is -0.938. The van der Waals surface area contributed by atoms with Crippen LogP contribution in [0.3, 0.4) is 0 Å². The van der Waals surface area contributed by atoms with Crippen molar-refractivity contribution in [1.82, 2.24) is 0 Å². The third-order valence-corrected chi connectivity index (χ3v) is 8.39. The summed E-state index contributed by atoms with van der Waals surface area (Å²) in [6, 6.07) is 18.4. The highest BCUT2D eigenvalue weighted by Crippen LogP contribution is 2.55. The second-order valence-corrected chi connectivity index (χ2v) is 9.90. The van der Waals surface area contributed by atoms with Crippen LogP contribution >= 0.6 is 34.9 Å². The molecule has 0 saturated heterocycles. The molecular weight excluding hydrogens is 402 g/mol. The van der Waals surface area contributed by atoms with Gasteiger partial charge in [0.25, 0.3) is 0 Å². The number of hydrogen-bond donors (Lipinski definition) is 0. The number of fused-ring (bicyclic) bond motifs is 1. The Morgan fingerprint density at radius 1 is 0.929 bits per heavy atom. The van der Waals surface area contributed by atoms with Gasteiger partial charge in [0, 0.05) is 19.5 Å². The molecule has 2 aromatic rings. The van der Waals surface area contributed by atoms with Crippen molar-refractivity contribution < 1.29 is 0 Å². The molecule has 2 heterocycles. The van der Waals surface area contributed by atoms with Gasteiger partial charge in [-0.2, -0.15) is 15.8 Å². The van der Waals surface area contributed by atoms with Crippen molar-refractivity contribution in [2.75, 3.05) is 0 Å². The van der Waals surface area contributed by atoms with E-state index in [1.165, 1.54) is 32.4 Å². The van der Waals surface area contributed by atoms with Crippen molar-refractivity contribution in [1.29, 1.82) is 15.8 Å². The van der Waals surface area contributed by atoms with Gasteiger partial charge in [0.05, 0.1) is 22.4 Å². The SMILES string of the molecule is CCCCCC(=C1Sc2ccccc2S1)c1ccc(C(C#N)C(C#N)C#N)s1. The van der Waals surface area contributed by atoms with Crippen molar-refractivity contribution in [2.24, 2.45) is 5.92 Å². The number of benzene rings is 1. The molecule has 140 valence electrons. The summed E-state index contributed by atoms with van der Waals surface area (Å²) in [7, 11) is 0. The van der Waals surface area contributed by atoms with Gasteiger partial charge >= 0.3 is 0 Å². The average Bonchev–Trinajstić information content (AvgIpc) is 3.36. The van der Waals surface area contributed by atoms with E-state index in [-0.39, 0.29) is 0 Å². The molecule has 0 amide bonds. The maximum Gasteiger partial charge on any atom is 0.153 e. The van der Waals surface area contributed by atoms with Crippen LogP contribution in [0, 0.1) is 39.9 Å². The molecule has 1 aliphatic heterocycles. The predicted molar refractivity (Wildman–Crippen MR) is 117 cm³/mol. The fraction of sp³-hybridized carbons (Fsp3) is 0.318. The van der Waals surface area contributed by atoms with E-state index in [0.717, 1.165) is 22.6 Å². The van der Waals surface area contributed by atoms with E-state index >= 15 is 0 Å². The minimum Gasteiger partial charge on any atom is -0.198 e. The van der Waals surface area contributed by atoms with Gasteiger partial charge in [0.1, 0.15) is 5.92 Å². The number of thioether (sulfide) groups is 2. The zero-order valence-electron chi connectivity index (χ0n) is 15.5. The fourth-order valence-electron chi connectivity index (χ4n) is 3.00. The van der Waals surface area contributed by atoms with Gasteiger partial charge in [0.2, 0.25) is 0 Å². The van der Waals surface area contributed by atoms with Crippen LogP contribution in [-0.4, -0.2) is 0 Å². The normalized spacial score (nSPS) is 13.5. The molecule has 0 spiro atoms. The Kier molecular flexibility index (Phi) is 7.24. The van der Waals surface area contributed by atoms with Crippen LogP contribution in [0.15, 0.2) is 50.4 Å². The summed E-state index contributed by atoms with van der Waals surface area (Å²) in [5.74, 6) is -1.64. The van der Waals surface area contributed by atoms with Crippen LogP contribution in [-0.2, 0) is 0 Å².